The minimum atomic E-state index is -0.0882. The third-order valence-electron chi connectivity index (χ3n) is 4.37. The molecule has 1 aromatic heterocycles. The first-order valence-corrected chi connectivity index (χ1v) is 8.62. The highest BCUT2D eigenvalue weighted by Crippen LogP contribution is 2.32. The Balaban J connectivity index is 1.45. The van der Waals surface area contributed by atoms with Crippen LogP contribution >= 0.6 is 0 Å². The van der Waals surface area contributed by atoms with Gasteiger partial charge in [0.15, 0.2) is 11.5 Å². The van der Waals surface area contributed by atoms with Crippen molar-refractivity contribution in [2.24, 2.45) is 0 Å². The molecule has 6 heteroatoms. The number of rotatable bonds is 5. The molecule has 1 N–H and O–H groups in total. The molecular weight excluding hydrogens is 342 g/mol. The van der Waals surface area contributed by atoms with E-state index >= 15 is 0 Å². The number of fused-ring (bicyclic) bond motifs is 1. The smallest absolute Gasteiger partial charge is 0.258 e. The number of aromatic nitrogens is 1. The predicted molar refractivity (Wildman–Crippen MR) is 103 cm³/mol. The van der Waals surface area contributed by atoms with Crippen molar-refractivity contribution in [2.45, 2.75) is 6.54 Å². The number of ether oxygens (including phenoxy) is 2. The number of nitrogens with one attached hydrogen (secondary N) is 1. The van der Waals surface area contributed by atoms with Crippen molar-refractivity contribution in [2.75, 3.05) is 24.1 Å². The van der Waals surface area contributed by atoms with Gasteiger partial charge in [-0.3, -0.25) is 4.79 Å². The van der Waals surface area contributed by atoms with Crippen LogP contribution in [0.3, 0.4) is 0 Å². The fraction of sp³-hybridized carbons (Fsp3) is 0.143. The summed E-state index contributed by atoms with van der Waals surface area (Å²) >= 11 is 0. The summed E-state index contributed by atoms with van der Waals surface area (Å²) in [6.07, 6.45) is 1.63. The number of nitrogens with zero attached hydrogens (tertiary/aromatic N) is 2. The van der Waals surface area contributed by atoms with Crippen molar-refractivity contribution in [3.05, 3.63) is 78.0 Å². The van der Waals surface area contributed by atoms with Crippen LogP contribution in [0.4, 0.5) is 11.5 Å². The van der Waals surface area contributed by atoms with Crippen LogP contribution in [-0.4, -0.2) is 24.7 Å². The van der Waals surface area contributed by atoms with Crippen LogP contribution in [0.2, 0.25) is 0 Å². The molecule has 6 nitrogen and oxygen atoms in total. The summed E-state index contributed by atoms with van der Waals surface area (Å²) in [5.74, 6) is 2.05. The Bertz CT molecular complexity index is 960. The lowest BCUT2D eigenvalue weighted by molar-refractivity contribution is 0.0993. The largest absolute Gasteiger partial charge is 0.454 e. The van der Waals surface area contributed by atoms with Gasteiger partial charge in [-0.2, -0.15) is 0 Å². The molecule has 0 saturated carbocycles. The Morgan fingerprint density at radius 1 is 1.07 bits per heavy atom. The van der Waals surface area contributed by atoms with Gasteiger partial charge in [-0.15, -0.1) is 0 Å². The van der Waals surface area contributed by atoms with Gasteiger partial charge in [-0.25, -0.2) is 4.98 Å². The number of hydrogen-bond donors (Lipinski definition) is 1. The fourth-order valence-electron chi connectivity index (χ4n) is 2.87. The average Bonchev–Trinajstić information content (AvgIpc) is 3.20. The maximum absolute atomic E-state index is 12.7. The lowest BCUT2D eigenvalue weighted by Gasteiger charge is -2.17. The Kier molecular flexibility index (Phi) is 4.61. The summed E-state index contributed by atoms with van der Waals surface area (Å²) in [4.78, 5) is 18.7. The average molecular weight is 361 g/mol. The molecule has 0 spiro atoms. The zero-order valence-corrected chi connectivity index (χ0v) is 14.9. The standard InChI is InChI=1S/C21H19N3O3/c1-24(17-5-3-2-4-6-17)21(25)16-9-10-22-20(12-16)23-13-15-7-8-18-19(11-15)27-14-26-18/h2-12H,13-14H2,1H3,(H,22,23). The molecule has 0 fully saturated rings. The van der Waals surface area contributed by atoms with Gasteiger partial charge in [-0.1, -0.05) is 24.3 Å². The monoisotopic (exact) mass is 361 g/mol. The summed E-state index contributed by atoms with van der Waals surface area (Å²) in [7, 11) is 1.76. The van der Waals surface area contributed by atoms with Gasteiger partial charge in [0.1, 0.15) is 5.82 Å². The Morgan fingerprint density at radius 2 is 1.89 bits per heavy atom. The van der Waals surface area contributed by atoms with Crippen molar-refractivity contribution < 1.29 is 14.3 Å². The summed E-state index contributed by atoms with van der Waals surface area (Å²) in [6.45, 7) is 0.822. The topological polar surface area (TPSA) is 63.7 Å². The maximum Gasteiger partial charge on any atom is 0.258 e. The van der Waals surface area contributed by atoms with E-state index in [1.54, 1.807) is 30.3 Å². The molecule has 0 atom stereocenters. The van der Waals surface area contributed by atoms with Gasteiger partial charge >= 0.3 is 0 Å². The third-order valence-corrected chi connectivity index (χ3v) is 4.37. The Morgan fingerprint density at radius 3 is 2.74 bits per heavy atom. The Labute approximate surface area is 157 Å². The summed E-state index contributed by atoms with van der Waals surface area (Å²) in [5.41, 5.74) is 2.46. The molecule has 1 aliphatic heterocycles. The number of para-hydroxylation sites is 1. The SMILES string of the molecule is CN(C(=O)c1ccnc(NCc2ccc3c(c2)OCO3)c1)c1ccccc1. The lowest BCUT2D eigenvalue weighted by atomic mass is 10.2. The van der Waals surface area contributed by atoms with E-state index in [4.69, 9.17) is 9.47 Å². The van der Waals surface area contributed by atoms with Crippen LogP contribution < -0.4 is 19.7 Å². The van der Waals surface area contributed by atoms with Crippen LogP contribution in [0.25, 0.3) is 0 Å². The quantitative estimate of drug-likeness (QED) is 0.751. The van der Waals surface area contributed by atoms with E-state index in [2.05, 4.69) is 10.3 Å². The van der Waals surface area contributed by atoms with E-state index < -0.39 is 0 Å². The first kappa shape index (κ1) is 16.9. The number of pyridine rings is 1. The zero-order valence-electron chi connectivity index (χ0n) is 14.9. The van der Waals surface area contributed by atoms with Crippen LogP contribution in [-0.2, 0) is 6.54 Å². The van der Waals surface area contributed by atoms with Gasteiger partial charge < -0.3 is 19.7 Å². The van der Waals surface area contributed by atoms with E-state index in [9.17, 15) is 4.79 Å². The highest BCUT2D eigenvalue weighted by Gasteiger charge is 2.15. The summed E-state index contributed by atoms with van der Waals surface area (Å²) < 4.78 is 10.7. The minimum Gasteiger partial charge on any atom is -0.454 e. The molecule has 0 saturated heterocycles. The molecule has 0 radical (unpaired) electrons. The van der Waals surface area contributed by atoms with Gasteiger partial charge in [0.05, 0.1) is 0 Å². The van der Waals surface area contributed by atoms with E-state index in [-0.39, 0.29) is 12.7 Å². The van der Waals surface area contributed by atoms with E-state index in [0.29, 0.717) is 17.9 Å². The molecule has 27 heavy (non-hydrogen) atoms. The minimum absolute atomic E-state index is 0.0882. The molecule has 1 aliphatic rings. The van der Waals surface area contributed by atoms with Crippen molar-refractivity contribution in [1.82, 2.24) is 4.98 Å². The van der Waals surface area contributed by atoms with E-state index in [0.717, 1.165) is 22.7 Å². The van der Waals surface area contributed by atoms with Crippen molar-refractivity contribution in [1.29, 1.82) is 0 Å². The number of benzene rings is 2. The number of amides is 1. The zero-order chi connectivity index (χ0) is 18.6. The maximum atomic E-state index is 12.7. The van der Waals surface area contributed by atoms with Crippen LogP contribution in [0.15, 0.2) is 66.9 Å². The van der Waals surface area contributed by atoms with Gasteiger partial charge in [0.25, 0.3) is 5.91 Å². The molecular formula is C21H19N3O3. The molecule has 3 aromatic rings. The first-order valence-electron chi connectivity index (χ1n) is 8.62. The molecule has 1 amide bonds. The number of hydrogen-bond acceptors (Lipinski definition) is 5. The van der Waals surface area contributed by atoms with Gasteiger partial charge in [-0.05, 0) is 42.0 Å². The molecule has 2 heterocycles. The van der Waals surface area contributed by atoms with Crippen LogP contribution in [0.1, 0.15) is 15.9 Å². The highest BCUT2D eigenvalue weighted by molar-refractivity contribution is 6.06. The molecule has 0 unspecified atom stereocenters. The van der Waals surface area contributed by atoms with Crippen LogP contribution in [0, 0.1) is 0 Å². The van der Waals surface area contributed by atoms with E-state index in [1.165, 1.54) is 0 Å². The molecule has 0 aliphatic carbocycles. The fourth-order valence-corrected chi connectivity index (χ4v) is 2.87. The van der Waals surface area contributed by atoms with Crippen LogP contribution in [0.5, 0.6) is 11.5 Å². The van der Waals surface area contributed by atoms with Crippen molar-refractivity contribution in [3.63, 3.8) is 0 Å². The molecule has 4 rings (SSSR count). The van der Waals surface area contributed by atoms with E-state index in [1.807, 2.05) is 48.5 Å². The first-order chi connectivity index (χ1) is 13.2. The summed E-state index contributed by atoms with van der Waals surface area (Å²) in [5, 5.41) is 3.25. The number of carbonyl (C=O) groups is 1. The second-order valence-corrected chi connectivity index (χ2v) is 6.17. The molecule has 2 aromatic carbocycles. The van der Waals surface area contributed by atoms with Crippen molar-refractivity contribution in [3.8, 4) is 11.5 Å². The highest BCUT2D eigenvalue weighted by atomic mass is 16.7. The number of anilines is 2. The predicted octanol–water partition coefficient (Wildman–Crippen LogP) is 3.70. The number of carbonyl (C=O) groups excluding carboxylic acids is 1. The van der Waals surface area contributed by atoms with Gasteiger partial charge in [0, 0.05) is 31.0 Å². The molecule has 0 bridgehead atoms. The normalized spacial score (nSPS) is 11.9. The van der Waals surface area contributed by atoms with Gasteiger partial charge in [0.2, 0.25) is 6.79 Å². The van der Waals surface area contributed by atoms with Crippen molar-refractivity contribution >= 4 is 17.4 Å². The summed E-state index contributed by atoms with van der Waals surface area (Å²) in [6, 6.07) is 18.8. The second kappa shape index (κ2) is 7.37. The second-order valence-electron chi connectivity index (χ2n) is 6.17. The lowest BCUT2D eigenvalue weighted by Crippen LogP contribution is -2.26. The molecule has 136 valence electrons. The Hall–Kier alpha value is -3.54. The third kappa shape index (κ3) is 3.69.